The van der Waals surface area contributed by atoms with Crippen molar-refractivity contribution in [3.63, 3.8) is 0 Å². The molecule has 0 aromatic heterocycles. The molecule has 56 valence electrons. The number of rotatable bonds is 5. The average Bonchev–Trinajstić information content (AvgIpc) is 1.85. The first-order valence-corrected chi connectivity index (χ1v) is 3.27. The Kier molecular flexibility index (Phi) is 5.93. The minimum absolute atomic E-state index is 0.606. The van der Waals surface area contributed by atoms with Gasteiger partial charge in [-0.1, -0.05) is 6.92 Å². The maximum atomic E-state index is 5.33. The Balaban J connectivity index is 2.95. The summed E-state index contributed by atoms with van der Waals surface area (Å²) < 4.78 is 0. The van der Waals surface area contributed by atoms with Gasteiger partial charge in [0.05, 0.1) is 7.11 Å². The predicted octanol–water partition coefficient (Wildman–Crippen LogP) is 0.122. The minimum Gasteiger partial charge on any atom is -0.330 e. The molecule has 1 unspecified atom stereocenters. The van der Waals surface area contributed by atoms with Crippen molar-refractivity contribution < 1.29 is 4.84 Å². The van der Waals surface area contributed by atoms with Gasteiger partial charge in [0.15, 0.2) is 0 Å². The lowest BCUT2D eigenvalue weighted by molar-refractivity contribution is 0.0810. The molecule has 3 nitrogen and oxygen atoms in total. The number of hydrogen-bond donors (Lipinski definition) is 2. The van der Waals surface area contributed by atoms with E-state index in [1.165, 1.54) is 0 Å². The summed E-state index contributed by atoms with van der Waals surface area (Å²) in [6.45, 7) is 3.78. The maximum Gasteiger partial charge on any atom is 0.0572 e. The van der Waals surface area contributed by atoms with Gasteiger partial charge in [-0.05, 0) is 18.9 Å². The van der Waals surface area contributed by atoms with Gasteiger partial charge in [0.1, 0.15) is 0 Å². The summed E-state index contributed by atoms with van der Waals surface area (Å²) in [7, 11) is 1.62. The smallest absolute Gasteiger partial charge is 0.0572 e. The zero-order chi connectivity index (χ0) is 7.11. The minimum atomic E-state index is 0.606. The van der Waals surface area contributed by atoms with Crippen LogP contribution in [0, 0.1) is 5.92 Å². The van der Waals surface area contributed by atoms with E-state index in [1.54, 1.807) is 7.11 Å². The second kappa shape index (κ2) is 6.01. The van der Waals surface area contributed by atoms with Gasteiger partial charge in [-0.15, -0.1) is 0 Å². The van der Waals surface area contributed by atoms with Crippen LogP contribution in [0.25, 0.3) is 0 Å². The van der Waals surface area contributed by atoms with Crippen LogP contribution in [0.15, 0.2) is 0 Å². The predicted molar refractivity (Wildman–Crippen MR) is 37.8 cm³/mol. The van der Waals surface area contributed by atoms with Crippen LogP contribution in [-0.2, 0) is 4.84 Å². The molecule has 0 aliphatic heterocycles. The average molecular weight is 132 g/mol. The van der Waals surface area contributed by atoms with Crippen molar-refractivity contribution in [1.29, 1.82) is 0 Å². The van der Waals surface area contributed by atoms with Crippen molar-refractivity contribution in [3.8, 4) is 0 Å². The number of hydroxylamine groups is 1. The standard InChI is InChI=1S/C6H16N2O/c1-6(3-4-7)5-8-9-2/h6,8H,3-5,7H2,1-2H3. The molecule has 0 amide bonds. The van der Waals surface area contributed by atoms with Gasteiger partial charge in [0.25, 0.3) is 0 Å². The normalized spacial score (nSPS) is 13.7. The first-order chi connectivity index (χ1) is 4.31. The van der Waals surface area contributed by atoms with Crippen LogP contribution in [0.2, 0.25) is 0 Å². The zero-order valence-corrected chi connectivity index (χ0v) is 6.18. The van der Waals surface area contributed by atoms with Gasteiger partial charge < -0.3 is 10.6 Å². The van der Waals surface area contributed by atoms with Crippen LogP contribution in [0.5, 0.6) is 0 Å². The van der Waals surface area contributed by atoms with E-state index >= 15 is 0 Å². The fourth-order valence-corrected chi connectivity index (χ4v) is 0.612. The summed E-state index contributed by atoms with van der Waals surface area (Å²) in [5.74, 6) is 0.606. The Hall–Kier alpha value is -0.120. The highest BCUT2D eigenvalue weighted by Gasteiger charge is 1.97. The van der Waals surface area contributed by atoms with E-state index in [-0.39, 0.29) is 0 Å². The molecule has 0 aliphatic carbocycles. The van der Waals surface area contributed by atoms with E-state index in [2.05, 4.69) is 17.2 Å². The fraction of sp³-hybridized carbons (Fsp3) is 1.00. The Morgan fingerprint density at radius 3 is 2.78 bits per heavy atom. The molecule has 0 aromatic rings. The molecule has 0 fully saturated rings. The summed E-state index contributed by atoms with van der Waals surface area (Å²) in [4.78, 5) is 4.67. The van der Waals surface area contributed by atoms with Gasteiger partial charge >= 0.3 is 0 Å². The third kappa shape index (κ3) is 5.76. The van der Waals surface area contributed by atoms with E-state index in [4.69, 9.17) is 5.73 Å². The molecule has 9 heavy (non-hydrogen) atoms. The highest BCUT2D eigenvalue weighted by Crippen LogP contribution is 1.95. The lowest BCUT2D eigenvalue weighted by Crippen LogP contribution is -2.21. The van der Waals surface area contributed by atoms with Crippen LogP contribution in [0.3, 0.4) is 0 Å². The molecule has 0 spiro atoms. The quantitative estimate of drug-likeness (QED) is 0.522. The molecular weight excluding hydrogens is 116 g/mol. The van der Waals surface area contributed by atoms with E-state index in [0.717, 1.165) is 19.5 Å². The molecule has 0 saturated carbocycles. The molecule has 0 saturated heterocycles. The summed E-state index contributed by atoms with van der Waals surface area (Å²) in [6, 6.07) is 0. The van der Waals surface area contributed by atoms with E-state index in [9.17, 15) is 0 Å². The highest BCUT2D eigenvalue weighted by atomic mass is 16.6. The maximum absolute atomic E-state index is 5.33. The molecule has 3 N–H and O–H groups in total. The van der Waals surface area contributed by atoms with Gasteiger partial charge in [0.2, 0.25) is 0 Å². The number of hydrogen-bond acceptors (Lipinski definition) is 3. The van der Waals surface area contributed by atoms with Crippen molar-refractivity contribution >= 4 is 0 Å². The highest BCUT2D eigenvalue weighted by molar-refractivity contribution is 4.52. The number of nitrogens with two attached hydrogens (primary N) is 1. The van der Waals surface area contributed by atoms with Crippen molar-refractivity contribution in [2.24, 2.45) is 11.7 Å². The van der Waals surface area contributed by atoms with Gasteiger partial charge in [-0.2, -0.15) is 0 Å². The topological polar surface area (TPSA) is 47.3 Å². The van der Waals surface area contributed by atoms with Gasteiger partial charge in [-0.3, -0.25) is 0 Å². The number of nitrogens with one attached hydrogen (secondary N) is 1. The second-order valence-corrected chi connectivity index (χ2v) is 2.24. The fourth-order valence-electron chi connectivity index (χ4n) is 0.612. The Bertz CT molecular complexity index is 59.0. The van der Waals surface area contributed by atoms with Crippen molar-refractivity contribution in [2.75, 3.05) is 20.2 Å². The van der Waals surface area contributed by atoms with Crippen molar-refractivity contribution in [2.45, 2.75) is 13.3 Å². The van der Waals surface area contributed by atoms with E-state index in [1.807, 2.05) is 0 Å². The Morgan fingerprint density at radius 2 is 2.33 bits per heavy atom. The van der Waals surface area contributed by atoms with Crippen molar-refractivity contribution in [1.82, 2.24) is 5.48 Å². The van der Waals surface area contributed by atoms with Crippen LogP contribution in [0.4, 0.5) is 0 Å². The first kappa shape index (κ1) is 8.88. The zero-order valence-electron chi connectivity index (χ0n) is 6.18. The van der Waals surface area contributed by atoms with Crippen LogP contribution >= 0.6 is 0 Å². The molecule has 0 bridgehead atoms. The van der Waals surface area contributed by atoms with Crippen molar-refractivity contribution in [3.05, 3.63) is 0 Å². The molecule has 0 radical (unpaired) electrons. The molecule has 1 atom stereocenters. The Morgan fingerprint density at radius 1 is 1.67 bits per heavy atom. The second-order valence-electron chi connectivity index (χ2n) is 2.24. The Labute approximate surface area is 56.5 Å². The van der Waals surface area contributed by atoms with Crippen LogP contribution < -0.4 is 11.2 Å². The molecule has 0 rings (SSSR count). The summed E-state index contributed by atoms with van der Waals surface area (Å²) in [5.41, 5.74) is 8.11. The van der Waals surface area contributed by atoms with E-state index < -0.39 is 0 Å². The molecule has 0 heterocycles. The molecule has 0 aromatic carbocycles. The van der Waals surface area contributed by atoms with E-state index in [0.29, 0.717) is 5.92 Å². The largest absolute Gasteiger partial charge is 0.330 e. The first-order valence-electron chi connectivity index (χ1n) is 3.27. The summed E-state index contributed by atoms with van der Waals surface area (Å²) in [6.07, 6.45) is 1.05. The lowest BCUT2D eigenvalue weighted by Gasteiger charge is -2.08. The van der Waals surface area contributed by atoms with Gasteiger partial charge in [-0.25, -0.2) is 5.48 Å². The van der Waals surface area contributed by atoms with Gasteiger partial charge in [0, 0.05) is 6.54 Å². The summed E-state index contributed by atoms with van der Waals surface area (Å²) in [5, 5.41) is 0. The SMILES string of the molecule is CONCC(C)CCN. The lowest BCUT2D eigenvalue weighted by atomic mass is 10.1. The molecular formula is C6H16N2O. The third-order valence-electron chi connectivity index (χ3n) is 1.24. The molecule has 3 heteroatoms. The molecule has 0 aliphatic rings. The van der Waals surface area contributed by atoms with Crippen LogP contribution in [-0.4, -0.2) is 20.2 Å². The third-order valence-corrected chi connectivity index (χ3v) is 1.24. The monoisotopic (exact) mass is 132 g/mol. The van der Waals surface area contributed by atoms with Crippen LogP contribution in [0.1, 0.15) is 13.3 Å². The summed E-state index contributed by atoms with van der Waals surface area (Å²) >= 11 is 0.